The highest BCUT2D eigenvalue weighted by molar-refractivity contribution is 7.22. The van der Waals surface area contributed by atoms with Crippen molar-refractivity contribution in [1.82, 2.24) is 4.98 Å². The van der Waals surface area contributed by atoms with Crippen LogP contribution < -0.4 is 5.32 Å². The van der Waals surface area contributed by atoms with E-state index in [9.17, 15) is 9.59 Å². The molecule has 0 saturated carbocycles. The Kier molecular flexibility index (Phi) is 3.31. The van der Waals surface area contributed by atoms with Gasteiger partial charge in [-0.15, -0.1) is 0 Å². The van der Waals surface area contributed by atoms with Crippen molar-refractivity contribution in [2.24, 2.45) is 0 Å². The number of rotatable bonds is 2. The number of carbonyl (C=O) groups excluding carboxylic acids is 2. The summed E-state index contributed by atoms with van der Waals surface area (Å²) in [4.78, 5) is 28.7. The van der Waals surface area contributed by atoms with Crippen LogP contribution >= 0.6 is 11.3 Å². The molecule has 1 atom stereocenters. The molecule has 0 radical (unpaired) electrons. The van der Waals surface area contributed by atoms with Gasteiger partial charge in [-0.1, -0.05) is 41.7 Å². The lowest BCUT2D eigenvalue weighted by atomic mass is 9.98. The van der Waals surface area contributed by atoms with Crippen LogP contribution in [-0.4, -0.2) is 23.0 Å². The Bertz CT molecular complexity index is 886. The van der Waals surface area contributed by atoms with Crippen molar-refractivity contribution in [3.8, 4) is 0 Å². The number of fused-ring (bicyclic) bond motifs is 2. The number of hydrogen-bond donors (Lipinski definition) is 1. The van der Waals surface area contributed by atoms with E-state index in [0.29, 0.717) is 17.1 Å². The van der Waals surface area contributed by atoms with Crippen LogP contribution in [0, 0.1) is 0 Å². The first-order chi connectivity index (χ1) is 11.2. The van der Waals surface area contributed by atoms with Gasteiger partial charge in [0.15, 0.2) is 11.2 Å². The molecule has 2 heterocycles. The molecule has 114 valence electrons. The van der Waals surface area contributed by atoms with Crippen LogP contribution in [0.15, 0.2) is 48.5 Å². The van der Waals surface area contributed by atoms with E-state index >= 15 is 0 Å². The molecule has 1 aliphatic heterocycles. The maximum Gasteiger partial charge on any atom is 0.339 e. The smallest absolute Gasteiger partial charge is 0.339 e. The lowest BCUT2D eigenvalue weighted by Crippen LogP contribution is -2.37. The van der Waals surface area contributed by atoms with Crippen LogP contribution in [0.5, 0.6) is 0 Å². The fraction of sp³-hybridized carbons (Fsp3) is 0.118. The second-order valence-electron chi connectivity index (χ2n) is 5.23. The number of thiazole rings is 1. The maximum absolute atomic E-state index is 12.4. The van der Waals surface area contributed by atoms with Crippen molar-refractivity contribution >= 4 is 38.6 Å². The van der Waals surface area contributed by atoms with Gasteiger partial charge >= 0.3 is 5.97 Å². The second-order valence-corrected chi connectivity index (χ2v) is 6.26. The minimum Gasteiger partial charge on any atom is -0.448 e. The highest BCUT2D eigenvalue weighted by atomic mass is 32.1. The summed E-state index contributed by atoms with van der Waals surface area (Å²) >= 11 is 1.39. The Balaban J connectivity index is 1.55. The number of cyclic esters (lactones) is 1. The predicted octanol–water partition coefficient (Wildman–Crippen LogP) is 3.02. The van der Waals surface area contributed by atoms with Gasteiger partial charge in [0.05, 0.1) is 15.8 Å². The molecule has 4 rings (SSSR count). The predicted molar refractivity (Wildman–Crippen MR) is 87.6 cm³/mol. The molecule has 6 heteroatoms. The summed E-state index contributed by atoms with van der Waals surface area (Å²) in [5.74, 6) is -0.816. The Hall–Kier alpha value is -2.73. The van der Waals surface area contributed by atoms with Crippen LogP contribution in [0.1, 0.15) is 15.9 Å². The number of nitrogens with zero attached hydrogens (tertiary/aromatic N) is 1. The molecule has 0 aliphatic carbocycles. The topological polar surface area (TPSA) is 68.3 Å². The van der Waals surface area contributed by atoms with Gasteiger partial charge in [0.25, 0.3) is 5.91 Å². The molecule has 0 spiro atoms. The third kappa shape index (κ3) is 2.57. The number of nitrogens with one attached hydrogen (secondary N) is 1. The van der Waals surface area contributed by atoms with Crippen LogP contribution in [0.25, 0.3) is 10.2 Å². The van der Waals surface area contributed by atoms with Crippen LogP contribution in [0.4, 0.5) is 5.13 Å². The first kappa shape index (κ1) is 13.9. The Morgan fingerprint density at radius 2 is 1.96 bits per heavy atom. The lowest BCUT2D eigenvalue weighted by Gasteiger charge is -2.23. The number of ether oxygens (including phenoxy) is 1. The van der Waals surface area contributed by atoms with Crippen molar-refractivity contribution in [1.29, 1.82) is 0 Å². The van der Waals surface area contributed by atoms with E-state index in [4.69, 9.17) is 4.74 Å². The SMILES string of the molecule is O=C1O[C@@H](C(=O)Nc2nc3ccccc3s2)Cc2ccccc21. The van der Waals surface area contributed by atoms with Gasteiger partial charge < -0.3 is 4.74 Å². The summed E-state index contributed by atoms with van der Waals surface area (Å²) in [7, 11) is 0. The lowest BCUT2D eigenvalue weighted by molar-refractivity contribution is -0.125. The van der Waals surface area contributed by atoms with E-state index in [2.05, 4.69) is 10.3 Å². The number of carbonyl (C=O) groups is 2. The highest BCUT2D eigenvalue weighted by Crippen LogP contribution is 2.26. The molecule has 3 aromatic rings. The largest absolute Gasteiger partial charge is 0.448 e. The summed E-state index contributed by atoms with van der Waals surface area (Å²) in [6.07, 6.45) is -0.456. The number of para-hydroxylation sites is 1. The summed E-state index contributed by atoms with van der Waals surface area (Å²) in [5.41, 5.74) is 2.18. The van der Waals surface area contributed by atoms with Crippen molar-refractivity contribution in [2.75, 3.05) is 5.32 Å². The van der Waals surface area contributed by atoms with Crippen LogP contribution in [-0.2, 0) is 16.0 Å². The minimum absolute atomic E-state index is 0.355. The Morgan fingerprint density at radius 1 is 1.17 bits per heavy atom. The van der Waals surface area contributed by atoms with Crippen molar-refractivity contribution in [3.05, 3.63) is 59.7 Å². The number of aromatic nitrogens is 1. The Labute approximate surface area is 135 Å². The van der Waals surface area contributed by atoms with Crippen molar-refractivity contribution in [3.63, 3.8) is 0 Å². The van der Waals surface area contributed by atoms with Gasteiger partial charge in [-0.3, -0.25) is 10.1 Å². The van der Waals surface area contributed by atoms with Gasteiger partial charge in [0, 0.05) is 6.42 Å². The molecule has 1 amide bonds. The molecule has 1 aromatic heterocycles. The molecule has 0 unspecified atom stereocenters. The number of anilines is 1. The zero-order valence-electron chi connectivity index (χ0n) is 12.0. The van der Waals surface area contributed by atoms with Crippen molar-refractivity contribution in [2.45, 2.75) is 12.5 Å². The van der Waals surface area contributed by atoms with E-state index in [-0.39, 0.29) is 5.91 Å². The molecular formula is C17H12N2O3S. The fourth-order valence-electron chi connectivity index (χ4n) is 2.59. The van der Waals surface area contributed by atoms with Gasteiger partial charge in [-0.2, -0.15) is 0 Å². The van der Waals surface area contributed by atoms with Crippen molar-refractivity contribution < 1.29 is 14.3 Å². The number of hydrogen-bond acceptors (Lipinski definition) is 5. The van der Waals surface area contributed by atoms with E-state index in [1.165, 1.54) is 11.3 Å². The maximum atomic E-state index is 12.4. The molecule has 5 nitrogen and oxygen atoms in total. The van der Waals surface area contributed by atoms with E-state index in [0.717, 1.165) is 15.8 Å². The first-order valence-corrected chi connectivity index (χ1v) is 7.98. The molecule has 2 aromatic carbocycles. The molecule has 0 saturated heterocycles. The quantitative estimate of drug-likeness (QED) is 0.736. The highest BCUT2D eigenvalue weighted by Gasteiger charge is 2.31. The molecule has 0 bridgehead atoms. The normalized spacial score (nSPS) is 16.7. The molecule has 1 N–H and O–H groups in total. The first-order valence-electron chi connectivity index (χ1n) is 7.16. The Morgan fingerprint density at radius 3 is 2.83 bits per heavy atom. The van der Waals surface area contributed by atoms with Gasteiger partial charge in [0.1, 0.15) is 0 Å². The molecule has 1 aliphatic rings. The summed E-state index contributed by atoms with van der Waals surface area (Å²) in [6, 6.07) is 14.8. The minimum atomic E-state index is -0.829. The third-order valence-corrected chi connectivity index (χ3v) is 4.66. The summed E-state index contributed by atoms with van der Waals surface area (Å²) in [6.45, 7) is 0. The van der Waals surface area contributed by atoms with Crippen LogP contribution in [0.2, 0.25) is 0 Å². The van der Waals surface area contributed by atoms with Crippen LogP contribution in [0.3, 0.4) is 0 Å². The van der Waals surface area contributed by atoms with Gasteiger partial charge in [-0.05, 0) is 23.8 Å². The average molecular weight is 324 g/mol. The summed E-state index contributed by atoms with van der Waals surface area (Å²) in [5, 5.41) is 3.25. The monoisotopic (exact) mass is 324 g/mol. The molecular weight excluding hydrogens is 312 g/mol. The average Bonchev–Trinajstić information content (AvgIpc) is 2.97. The van der Waals surface area contributed by atoms with E-state index in [1.807, 2.05) is 36.4 Å². The number of amides is 1. The van der Waals surface area contributed by atoms with Gasteiger partial charge in [-0.25, -0.2) is 9.78 Å². The standard InChI is InChI=1S/C17H12N2O3S/c20-15(19-17-18-12-7-3-4-8-14(12)23-17)13-9-10-5-1-2-6-11(10)16(21)22-13/h1-8,13H,9H2,(H,18,19,20)/t13-/m1/s1. The fourth-order valence-corrected chi connectivity index (χ4v) is 3.46. The zero-order chi connectivity index (χ0) is 15.8. The molecule has 23 heavy (non-hydrogen) atoms. The number of esters is 1. The second kappa shape index (κ2) is 5.48. The van der Waals surface area contributed by atoms with E-state index < -0.39 is 12.1 Å². The van der Waals surface area contributed by atoms with E-state index in [1.54, 1.807) is 12.1 Å². The number of benzene rings is 2. The van der Waals surface area contributed by atoms with Gasteiger partial charge in [0.2, 0.25) is 0 Å². The zero-order valence-corrected chi connectivity index (χ0v) is 12.8. The summed E-state index contributed by atoms with van der Waals surface area (Å²) < 4.78 is 6.24. The third-order valence-electron chi connectivity index (χ3n) is 3.71. The molecule has 0 fully saturated rings.